The van der Waals surface area contributed by atoms with Crippen molar-refractivity contribution in [2.75, 3.05) is 6.61 Å². The fraction of sp³-hybridized carbons (Fsp3) is 0.320. The summed E-state index contributed by atoms with van der Waals surface area (Å²) in [5.41, 5.74) is 1.28. The van der Waals surface area contributed by atoms with Gasteiger partial charge in [0.1, 0.15) is 12.2 Å². The van der Waals surface area contributed by atoms with Gasteiger partial charge in [-0.05, 0) is 49.6 Å². The topological polar surface area (TPSA) is 84.9 Å². The van der Waals surface area contributed by atoms with E-state index < -0.39 is 17.8 Å². The highest BCUT2D eigenvalue weighted by Crippen LogP contribution is 2.36. The molecule has 1 heterocycles. The number of benzene rings is 2. The van der Waals surface area contributed by atoms with Gasteiger partial charge in [-0.3, -0.25) is 19.8 Å². The molecule has 4 rings (SSSR count). The van der Waals surface area contributed by atoms with Gasteiger partial charge in [0.05, 0.1) is 6.61 Å². The molecule has 0 atom stereocenters. The maximum absolute atomic E-state index is 13.1. The Balaban J connectivity index is 1.63. The predicted molar refractivity (Wildman–Crippen MR) is 132 cm³/mol. The van der Waals surface area contributed by atoms with Crippen molar-refractivity contribution in [1.82, 2.24) is 10.2 Å². The third-order valence-corrected chi connectivity index (χ3v) is 6.88. The minimum Gasteiger partial charge on any atom is -0.490 e. The number of nitrogens with zero attached hydrogens (tertiary/aromatic N) is 1. The van der Waals surface area contributed by atoms with Crippen molar-refractivity contribution >= 4 is 51.5 Å². The fourth-order valence-corrected chi connectivity index (χ4v) is 4.76. The third kappa shape index (κ3) is 5.13. The number of barbiturate groups is 1. The van der Waals surface area contributed by atoms with Crippen molar-refractivity contribution in [2.24, 2.45) is 0 Å². The summed E-state index contributed by atoms with van der Waals surface area (Å²) in [5, 5.41) is 2.90. The molecule has 34 heavy (non-hydrogen) atoms. The molecule has 7 nitrogen and oxygen atoms in total. The first-order valence-electron chi connectivity index (χ1n) is 11.1. The fourth-order valence-electron chi connectivity index (χ4n) is 4.13. The lowest BCUT2D eigenvalue weighted by atomic mass is 10.0. The summed E-state index contributed by atoms with van der Waals surface area (Å²) in [4.78, 5) is 39.2. The molecule has 2 fully saturated rings. The molecule has 1 aliphatic heterocycles. The summed E-state index contributed by atoms with van der Waals surface area (Å²) in [6.07, 6.45) is 4.87. The van der Waals surface area contributed by atoms with Crippen LogP contribution in [-0.2, 0) is 16.2 Å². The first-order valence-corrected chi connectivity index (χ1v) is 12.3. The maximum atomic E-state index is 13.1. The Morgan fingerprint density at radius 1 is 1.12 bits per heavy atom. The van der Waals surface area contributed by atoms with Gasteiger partial charge in [-0.1, -0.05) is 58.6 Å². The van der Waals surface area contributed by atoms with Crippen LogP contribution in [0.1, 0.15) is 43.7 Å². The zero-order chi connectivity index (χ0) is 24.2. The summed E-state index contributed by atoms with van der Waals surface area (Å²) in [6, 6.07) is 9.97. The van der Waals surface area contributed by atoms with Crippen LogP contribution < -0.4 is 14.8 Å². The van der Waals surface area contributed by atoms with Gasteiger partial charge in [-0.25, -0.2) is 4.79 Å². The van der Waals surface area contributed by atoms with E-state index in [4.69, 9.17) is 21.1 Å². The van der Waals surface area contributed by atoms with Crippen LogP contribution in [-0.4, -0.2) is 35.4 Å². The number of carbonyl (C=O) groups is 3. The number of amides is 4. The molecule has 0 bridgehead atoms. The Bertz CT molecular complexity index is 1160. The van der Waals surface area contributed by atoms with Gasteiger partial charge in [0.25, 0.3) is 11.8 Å². The summed E-state index contributed by atoms with van der Waals surface area (Å²) >= 11 is 9.73. The third-order valence-electron chi connectivity index (χ3n) is 5.83. The molecule has 1 aliphatic carbocycles. The number of carbonyl (C=O) groups excluding carboxylic acids is 3. The molecule has 178 valence electrons. The number of hydrogen-bond donors (Lipinski definition) is 1. The Morgan fingerprint density at radius 3 is 2.53 bits per heavy atom. The van der Waals surface area contributed by atoms with Gasteiger partial charge >= 0.3 is 6.03 Å². The van der Waals surface area contributed by atoms with Crippen LogP contribution in [0, 0.1) is 0 Å². The van der Waals surface area contributed by atoms with E-state index in [-0.39, 0.29) is 18.2 Å². The van der Waals surface area contributed by atoms with Gasteiger partial charge in [0.15, 0.2) is 11.5 Å². The second-order valence-corrected chi connectivity index (χ2v) is 9.33. The Labute approximate surface area is 211 Å². The first kappa shape index (κ1) is 24.3. The number of halogens is 2. The number of rotatable bonds is 7. The number of nitrogens with one attached hydrogen (secondary N) is 1. The molecule has 2 aliphatic rings. The van der Waals surface area contributed by atoms with Gasteiger partial charge in [0, 0.05) is 21.1 Å². The Hall–Kier alpha value is -2.84. The monoisotopic (exact) mass is 546 g/mol. The van der Waals surface area contributed by atoms with Crippen molar-refractivity contribution in [3.05, 3.63) is 62.6 Å². The summed E-state index contributed by atoms with van der Waals surface area (Å²) in [7, 11) is 0. The average Bonchev–Trinajstić information content (AvgIpc) is 3.32. The van der Waals surface area contributed by atoms with Crippen molar-refractivity contribution in [1.29, 1.82) is 0 Å². The second-order valence-electron chi connectivity index (χ2n) is 8.06. The molecular formula is C25H24BrClN2O5. The molecule has 0 spiro atoms. The Kier molecular flexibility index (Phi) is 7.58. The quantitative estimate of drug-likeness (QED) is 0.366. The summed E-state index contributed by atoms with van der Waals surface area (Å²) in [5.74, 6) is -0.354. The smallest absolute Gasteiger partial charge is 0.331 e. The minimum absolute atomic E-state index is 0.0978. The van der Waals surface area contributed by atoms with Gasteiger partial charge in [-0.2, -0.15) is 0 Å². The molecule has 2 aromatic rings. The first-order chi connectivity index (χ1) is 16.4. The van der Waals surface area contributed by atoms with E-state index in [2.05, 4.69) is 21.2 Å². The second kappa shape index (κ2) is 10.6. The number of hydrogen-bond acceptors (Lipinski definition) is 5. The van der Waals surface area contributed by atoms with Crippen LogP contribution >= 0.6 is 27.5 Å². The molecule has 9 heteroatoms. The van der Waals surface area contributed by atoms with Crippen molar-refractivity contribution in [3.63, 3.8) is 0 Å². The standard InChI is InChI=1S/C25H24BrClN2O5/c1-2-33-21-12-16(19(26)13-22(21)34-14-15-7-3-6-10-20(15)27)11-18-23(30)28-25(32)29(24(18)31)17-8-4-5-9-17/h3,6-7,10-13,17H,2,4-5,8-9,14H2,1H3,(H,28,30,32)/b18-11+. The molecule has 1 saturated heterocycles. The lowest BCUT2D eigenvalue weighted by molar-refractivity contribution is -0.131. The molecule has 0 radical (unpaired) electrons. The van der Waals surface area contributed by atoms with E-state index in [1.165, 1.54) is 11.0 Å². The highest BCUT2D eigenvalue weighted by molar-refractivity contribution is 9.10. The van der Waals surface area contributed by atoms with Crippen LogP contribution in [0.5, 0.6) is 11.5 Å². The summed E-state index contributed by atoms with van der Waals surface area (Å²) < 4.78 is 12.3. The summed E-state index contributed by atoms with van der Waals surface area (Å²) in [6.45, 7) is 2.48. The predicted octanol–water partition coefficient (Wildman–Crippen LogP) is 5.48. The van der Waals surface area contributed by atoms with Gasteiger partial charge < -0.3 is 9.47 Å². The normalized spacial score (nSPS) is 17.9. The molecule has 0 unspecified atom stereocenters. The van der Waals surface area contributed by atoms with E-state index in [0.29, 0.717) is 33.2 Å². The van der Waals surface area contributed by atoms with Crippen LogP contribution in [0.25, 0.3) is 6.08 Å². The van der Waals surface area contributed by atoms with Gasteiger partial charge in [-0.15, -0.1) is 0 Å². The van der Waals surface area contributed by atoms with Crippen LogP contribution in [0.3, 0.4) is 0 Å². The maximum Gasteiger partial charge on any atom is 0.331 e. The lowest BCUT2D eigenvalue weighted by Gasteiger charge is -2.31. The van der Waals surface area contributed by atoms with E-state index in [0.717, 1.165) is 31.2 Å². The molecule has 4 amide bonds. The van der Waals surface area contributed by atoms with Crippen LogP contribution in [0.15, 0.2) is 46.4 Å². The highest BCUT2D eigenvalue weighted by Gasteiger charge is 2.40. The van der Waals surface area contributed by atoms with Crippen molar-refractivity contribution in [3.8, 4) is 11.5 Å². The molecule has 2 aromatic carbocycles. The van der Waals surface area contributed by atoms with E-state index in [1.54, 1.807) is 18.2 Å². The highest BCUT2D eigenvalue weighted by atomic mass is 79.9. The Morgan fingerprint density at radius 2 is 1.82 bits per heavy atom. The SMILES string of the molecule is CCOc1cc(/C=C2\C(=O)NC(=O)N(C3CCCC3)C2=O)c(Br)cc1OCc1ccccc1Cl. The zero-order valence-corrected chi connectivity index (χ0v) is 20.9. The van der Waals surface area contributed by atoms with E-state index in [1.807, 2.05) is 25.1 Å². The number of urea groups is 1. The van der Waals surface area contributed by atoms with E-state index >= 15 is 0 Å². The average molecular weight is 548 g/mol. The van der Waals surface area contributed by atoms with Crippen LogP contribution in [0.2, 0.25) is 5.02 Å². The zero-order valence-electron chi connectivity index (χ0n) is 18.6. The van der Waals surface area contributed by atoms with E-state index in [9.17, 15) is 14.4 Å². The molecular weight excluding hydrogens is 524 g/mol. The minimum atomic E-state index is -0.715. The largest absolute Gasteiger partial charge is 0.490 e. The number of ether oxygens (including phenoxy) is 2. The van der Waals surface area contributed by atoms with Crippen molar-refractivity contribution in [2.45, 2.75) is 45.3 Å². The lowest BCUT2D eigenvalue weighted by Crippen LogP contribution is -2.57. The molecule has 0 aromatic heterocycles. The molecule has 1 saturated carbocycles. The van der Waals surface area contributed by atoms with Crippen molar-refractivity contribution < 1.29 is 23.9 Å². The number of imide groups is 2. The van der Waals surface area contributed by atoms with Gasteiger partial charge in [0.2, 0.25) is 0 Å². The molecule has 1 N–H and O–H groups in total. The van der Waals surface area contributed by atoms with Crippen LogP contribution in [0.4, 0.5) is 4.79 Å².